The lowest BCUT2D eigenvalue weighted by Gasteiger charge is -2.14. The Labute approximate surface area is 118 Å². The summed E-state index contributed by atoms with van der Waals surface area (Å²) in [4.78, 5) is 12.5. The molecule has 0 unspecified atom stereocenters. The molecule has 1 aliphatic rings. The number of benzene rings is 1. The van der Waals surface area contributed by atoms with Crippen LogP contribution in [-0.2, 0) is 6.54 Å². The molecule has 0 amide bonds. The van der Waals surface area contributed by atoms with Crippen LogP contribution in [-0.4, -0.2) is 43.1 Å². The Morgan fingerprint density at radius 3 is 2.80 bits per heavy atom. The lowest BCUT2D eigenvalue weighted by molar-refractivity contribution is -0.384. The number of nitro groups is 1. The Bertz CT molecular complexity index is 473. The van der Waals surface area contributed by atoms with Crippen LogP contribution in [0.25, 0.3) is 0 Å². The number of nitrogens with zero attached hydrogens (tertiary/aromatic N) is 2. The van der Waals surface area contributed by atoms with Gasteiger partial charge in [0.2, 0.25) is 0 Å². The van der Waals surface area contributed by atoms with E-state index >= 15 is 0 Å². The van der Waals surface area contributed by atoms with E-state index in [0.717, 1.165) is 17.9 Å². The Morgan fingerprint density at radius 1 is 1.45 bits per heavy atom. The maximum Gasteiger partial charge on any atom is 0.270 e. The third-order valence-corrected chi connectivity index (χ3v) is 3.21. The highest BCUT2D eigenvalue weighted by Crippen LogP contribution is 2.26. The van der Waals surface area contributed by atoms with Crippen molar-refractivity contribution in [1.82, 2.24) is 10.2 Å². The lowest BCUT2D eigenvalue weighted by atomic mass is 10.1. The van der Waals surface area contributed by atoms with Crippen LogP contribution in [0, 0.1) is 10.1 Å². The van der Waals surface area contributed by atoms with E-state index in [4.69, 9.17) is 4.74 Å². The molecule has 0 spiro atoms. The van der Waals surface area contributed by atoms with Crippen molar-refractivity contribution in [3.8, 4) is 5.75 Å². The van der Waals surface area contributed by atoms with E-state index in [1.165, 1.54) is 18.9 Å². The number of hydrogen-bond donors (Lipinski definition) is 1. The van der Waals surface area contributed by atoms with Crippen LogP contribution in [0.5, 0.6) is 5.75 Å². The van der Waals surface area contributed by atoms with Crippen LogP contribution in [0.1, 0.15) is 18.4 Å². The normalized spacial score (nSPS) is 14.6. The minimum atomic E-state index is -0.371. The molecular formula is C14H21N3O3. The van der Waals surface area contributed by atoms with Crippen molar-refractivity contribution in [2.45, 2.75) is 25.4 Å². The second-order valence-electron chi connectivity index (χ2n) is 5.36. The summed E-state index contributed by atoms with van der Waals surface area (Å²) in [6.07, 6.45) is 2.37. The van der Waals surface area contributed by atoms with Gasteiger partial charge in [0.1, 0.15) is 12.4 Å². The zero-order valence-electron chi connectivity index (χ0n) is 12.0. The van der Waals surface area contributed by atoms with Crippen molar-refractivity contribution in [2.75, 3.05) is 27.2 Å². The van der Waals surface area contributed by atoms with Gasteiger partial charge in [-0.1, -0.05) is 0 Å². The van der Waals surface area contributed by atoms with Crippen molar-refractivity contribution < 1.29 is 9.66 Å². The van der Waals surface area contributed by atoms with E-state index in [0.29, 0.717) is 19.2 Å². The van der Waals surface area contributed by atoms with Crippen LogP contribution >= 0.6 is 0 Å². The summed E-state index contributed by atoms with van der Waals surface area (Å²) in [6.45, 7) is 2.00. The third-order valence-electron chi connectivity index (χ3n) is 3.21. The molecule has 0 bridgehead atoms. The quantitative estimate of drug-likeness (QED) is 0.580. The fraction of sp³-hybridized carbons (Fsp3) is 0.571. The van der Waals surface area contributed by atoms with Crippen LogP contribution in [0.15, 0.2) is 18.2 Å². The monoisotopic (exact) mass is 279 g/mol. The zero-order valence-corrected chi connectivity index (χ0v) is 12.0. The van der Waals surface area contributed by atoms with Crippen LogP contribution in [0.4, 0.5) is 5.69 Å². The molecule has 1 fully saturated rings. The number of ether oxygens (including phenoxy) is 1. The number of hydrogen-bond acceptors (Lipinski definition) is 5. The molecule has 1 saturated carbocycles. The van der Waals surface area contributed by atoms with Gasteiger partial charge in [-0.05, 0) is 33.0 Å². The third kappa shape index (κ3) is 4.47. The summed E-state index contributed by atoms with van der Waals surface area (Å²) in [5, 5.41) is 14.2. The van der Waals surface area contributed by atoms with Gasteiger partial charge in [-0.25, -0.2) is 0 Å². The first-order valence-electron chi connectivity index (χ1n) is 6.84. The van der Waals surface area contributed by atoms with Gasteiger partial charge in [-0.15, -0.1) is 0 Å². The smallest absolute Gasteiger partial charge is 0.270 e. The van der Waals surface area contributed by atoms with Crippen molar-refractivity contribution in [3.63, 3.8) is 0 Å². The van der Waals surface area contributed by atoms with Crippen molar-refractivity contribution in [1.29, 1.82) is 0 Å². The van der Waals surface area contributed by atoms with E-state index in [9.17, 15) is 10.1 Å². The first-order valence-corrected chi connectivity index (χ1v) is 6.84. The Hall–Kier alpha value is -1.66. The molecule has 1 N–H and O–H groups in total. The van der Waals surface area contributed by atoms with Crippen LogP contribution < -0.4 is 10.1 Å². The lowest BCUT2D eigenvalue weighted by Crippen LogP contribution is -2.20. The summed E-state index contributed by atoms with van der Waals surface area (Å²) < 4.78 is 5.73. The van der Waals surface area contributed by atoms with Crippen molar-refractivity contribution in [3.05, 3.63) is 33.9 Å². The molecule has 0 heterocycles. The van der Waals surface area contributed by atoms with Gasteiger partial charge in [-0.2, -0.15) is 0 Å². The molecule has 0 radical (unpaired) electrons. The van der Waals surface area contributed by atoms with Gasteiger partial charge in [0.05, 0.1) is 4.92 Å². The second-order valence-corrected chi connectivity index (χ2v) is 5.36. The predicted octanol–water partition coefficient (Wildman–Crippen LogP) is 1.79. The van der Waals surface area contributed by atoms with Gasteiger partial charge < -0.3 is 15.0 Å². The van der Waals surface area contributed by atoms with Gasteiger partial charge in [0.15, 0.2) is 0 Å². The molecule has 110 valence electrons. The highest BCUT2D eigenvalue weighted by atomic mass is 16.6. The summed E-state index contributed by atoms with van der Waals surface area (Å²) in [7, 11) is 3.96. The summed E-state index contributed by atoms with van der Waals surface area (Å²) in [6, 6.07) is 5.34. The Kier molecular flexibility index (Phi) is 4.92. The average Bonchev–Trinajstić information content (AvgIpc) is 3.20. The summed E-state index contributed by atoms with van der Waals surface area (Å²) in [5.41, 5.74) is 0.961. The minimum absolute atomic E-state index is 0.109. The minimum Gasteiger partial charge on any atom is -0.492 e. The largest absolute Gasteiger partial charge is 0.492 e. The highest BCUT2D eigenvalue weighted by molar-refractivity contribution is 5.43. The van der Waals surface area contributed by atoms with E-state index in [2.05, 4.69) is 5.32 Å². The molecule has 1 aromatic rings. The van der Waals surface area contributed by atoms with E-state index in [1.807, 2.05) is 19.0 Å². The van der Waals surface area contributed by atoms with Crippen LogP contribution in [0.3, 0.4) is 0 Å². The predicted molar refractivity (Wildman–Crippen MR) is 77.0 cm³/mol. The molecule has 1 aliphatic carbocycles. The number of rotatable bonds is 8. The second kappa shape index (κ2) is 6.67. The Balaban J connectivity index is 2.04. The maximum atomic E-state index is 10.9. The molecule has 0 atom stereocenters. The highest BCUT2D eigenvalue weighted by Gasteiger charge is 2.21. The molecule has 6 nitrogen and oxygen atoms in total. The van der Waals surface area contributed by atoms with E-state index in [-0.39, 0.29) is 10.6 Å². The molecule has 0 aromatic heterocycles. The topological polar surface area (TPSA) is 67.6 Å². The number of nitro benzene ring substituents is 1. The van der Waals surface area contributed by atoms with Gasteiger partial charge in [0.25, 0.3) is 5.69 Å². The number of nitrogens with one attached hydrogen (secondary N) is 1. The van der Waals surface area contributed by atoms with Gasteiger partial charge in [0, 0.05) is 36.8 Å². The van der Waals surface area contributed by atoms with Crippen molar-refractivity contribution in [2.24, 2.45) is 0 Å². The molecule has 0 aliphatic heterocycles. The SMILES string of the molecule is CN(C)CCOc1ccc([N+](=O)[O-])cc1CNC1CC1. The molecular weight excluding hydrogens is 258 g/mol. The summed E-state index contributed by atoms with van der Waals surface area (Å²) in [5.74, 6) is 0.727. The van der Waals surface area contributed by atoms with Gasteiger partial charge >= 0.3 is 0 Å². The molecule has 20 heavy (non-hydrogen) atoms. The molecule has 1 aromatic carbocycles. The van der Waals surface area contributed by atoms with Crippen LogP contribution in [0.2, 0.25) is 0 Å². The number of non-ortho nitro benzene ring substituents is 1. The summed E-state index contributed by atoms with van der Waals surface area (Å²) >= 11 is 0. The number of likely N-dealkylation sites (N-methyl/N-ethyl adjacent to an activating group) is 1. The Morgan fingerprint density at radius 2 is 2.20 bits per heavy atom. The first kappa shape index (κ1) is 14.7. The first-order chi connectivity index (χ1) is 9.56. The molecule has 2 rings (SSSR count). The van der Waals surface area contributed by atoms with Crippen molar-refractivity contribution >= 4 is 5.69 Å². The zero-order chi connectivity index (χ0) is 14.5. The maximum absolute atomic E-state index is 10.9. The van der Waals surface area contributed by atoms with E-state index < -0.39 is 0 Å². The fourth-order valence-electron chi connectivity index (χ4n) is 1.84. The van der Waals surface area contributed by atoms with E-state index in [1.54, 1.807) is 12.1 Å². The molecule has 6 heteroatoms. The van der Waals surface area contributed by atoms with Gasteiger partial charge in [-0.3, -0.25) is 10.1 Å². The average molecular weight is 279 g/mol. The standard InChI is InChI=1S/C14H21N3O3/c1-16(2)7-8-20-14-6-5-13(17(18)19)9-11(14)10-15-12-3-4-12/h5-6,9,12,15H,3-4,7-8,10H2,1-2H3. The fourth-order valence-corrected chi connectivity index (χ4v) is 1.84. The molecule has 0 saturated heterocycles.